The molecule has 23 heavy (non-hydrogen) atoms. The topological polar surface area (TPSA) is 47.9 Å². The molecule has 0 fully saturated rings. The Balaban J connectivity index is 2.37. The van der Waals surface area contributed by atoms with Crippen LogP contribution < -0.4 is 14.2 Å². The molecule has 2 aromatic carbocycles. The van der Waals surface area contributed by atoms with Gasteiger partial charge in [0.1, 0.15) is 0 Å². The van der Waals surface area contributed by atoms with E-state index in [0.29, 0.717) is 17.2 Å². The maximum absolute atomic E-state index is 13.7. The van der Waals surface area contributed by atoms with Gasteiger partial charge in [-0.25, -0.2) is 4.39 Å². The van der Waals surface area contributed by atoms with Crippen molar-refractivity contribution in [3.05, 3.63) is 35.1 Å². The second kappa shape index (κ2) is 5.99. The number of phenols is 1. The molecule has 0 aromatic heterocycles. The third kappa shape index (κ3) is 2.46. The van der Waals surface area contributed by atoms with E-state index >= 15 is 0 Å². The first-order chi connectivity index (χ1) is 11.1. The average molecular weight is 318 g/mol. The SMILES string of the molecule is COc1cc2c(c(OC)c1OC)-c1cc(O)c(F)cc1CCC2. The molecule has 0 amide bonds. The van der Waals surface area contributed by atoms with Crippen LogP contribution in [0.5, 0.6) is 23.0 Å². The molecular weight excluding hydrogens is 299 g/mol. The van der Waals surface area contributed by atoms with E-state index in [4.69, 9.17) is 14.2 Å². The van der Waals surface area contributed by atoms with E-state index in [1.807, 2.05) is 6.07 Å². The van der Waals surface area contributed by atoms with Crippen LogP contribution in [-0.4, -0.2) is 26.4 Å². The lowest BCUT2D eigenvalue weighted by Gasteiger charge is -2.19. The van der Waals surface area contributed by atoms with E-state index in [2.05, 4.69) is 0 Å². The number of methoxy groups -OCH3 is 3. The molecule has 0 atom stereocenters. The van der Waals surface area contributed by atoms with Gasteiger partial charge in [0.25, 0.3) is 0 Å². The van der Waals surface area contributed by atoms with Crippen molar-refractivity contribution >= 4 is 0 Å². The molecule has 0 bridgehead atoms. The van der Waals surface area contributed by atoms with Crippen LogP contribution in [0.4, 0.5) is 4.39 Å². The van der Waals surface area contributed by atoms with Crippen molar-refractivity contribution in [1.82, 2.24) is 0 Å². The summed E-state index contributed by atoms with van der Waals surface area (Å²) in [4.78, 5) is 0. The van der Waals surface area contributed by atoms with Crippen molar-refractivity contribution in [2.24, 2.45) is 0 Å². The number of hydrogen-bond acceptors (Lipinski definition) is 4. The van der Waals surface area contributed by atoms with E-state index in [0.717, 1.165) is 41.5 Å². The van der Waals surface area contributed by atoms with Gasteiger partial charge in [-0.15, -0.1) is 0 Å². The molecule has 1 aliphatic carbocycles. The Labute approximate surface area is 134 Å². The predicted molar refractivity (Wildman–Crippen MR) is 85.2 cm³/mol. The van der Waals surface area contributed by atoms with Gasteiger partial charge in [-0.3, -0.25) is 0 Å². The van der Waals surface area contributed by atoms with E-state index in [9.17, 15) is 9.50 Å². The van der Waals surface area contributed by atoms with Crippen molar-refractivity contribution in [2.45, 2.75) is 19.3 Å². The summed E-state index contributed by atoms with van der Waals surface area (Å²) in [5, 5.41) is 9.81. The van der Waals surface area contributed by atoms with Crippen molar-refractivity contribution in [1.29, 1.82) is 0 Å². The number of fused-ring (bicyclic) bond motifs is 3. The van der Waals surface area contributed by atoms with Crippen LogP contribution in [0.2, 0.25) is 0 Å². The Morgan fingerprint density at radius 3 is 2.26 bits per heavy atom. The summed E-state index contributed by atoms with van der Waals surface area (Å²) >= 11 is 0. The zero-order valence-electron chi connectivity index (χ0n) is 13.4. The van der Waals surface area contributed by atoms with Crippen molar-refractivity contribution in [3.8, 4) is 34.1 Å². The second-order valence-corrected chi connectivity index (χ2v) is 5.49. The van der Waals surface area contributed by atoms with Crippen molar-refractivity contribution in [3.63, 3.8) is 0 Å². The molecular formula is C18H19FO4. The first-order valence-corrected chi connectivity index (χ1v) is 7.44. The quantitative estimate of drug-likeness (QED) is 0.937. The van der Waals surface area contributed by atoms with Crippen LogP contribution in [0.15, 0.2) is 18.2 Å². The Bertz CT molecular complexity index is 755. The summed E-state index contributed by atoms with van der Waals surface area (Å²) in [6, 6.07) is 4.78. The number of aromatic hydroxyl groups is 1. The number of halogens is 1. The zero-order valence-corrected chi connectivity index (χ0v) is 13.4. The minimum absolute atomic E-state index is 0.367. The summed E-state index contributed by atoms with van der Waals surface area (Å²) in [5.74, 6) is 0.652. The van der Waals surface area contributed by atoms with Gasteiger partial charge in [-0.05, 0) is 54.2 Å². The largest absolute Gasteiger partial charge is 0.505 e. The van der Waals surface area contributed by atoms with Crippen LogP contribution in [0, 0.1) is 5.82 Å². The van der Waals surface area contributed by atoms with Gasteiger partial charge in [0.15, 0.2) is 23.1 Å². The number of benzene rings is 2. The highest BCUT2D eigenvalue weighted by atomic mass is 19.1. The van der Waals surface area contributed by atoms with Gasteiger partial charge in [-0.1, -0.05) is 0 Å². The molecule has 0 heterocycles. The van der Waals surface area contributed by atoms with Gasteiger partial charge in [0.2, 0.25) is 5.75 Å². The third-order valence-corrected chi connectivity index (χ3v) is 4.25. The number of ether oxygens (including phenoxy) is 3. The maximum Gasteiger partial charge on any atom is 0.203 e. The lowest BCUT2D eigenvalue weighted by atomic mass is 9.94. The molecule has 4 nitrogen and oxygen atoms in total. The Hall–Kier alpha value is -2.43. The second-order valence-electron chi connectivity index (χ2n) is 5.49. The summed E-state index contributed by atoms with van der Waals surface area (Å²) < 4.78 is 30.2. The van der Waals surface area contributed by atoms with Crippen LogP contribution >= 0.6 is 0 Å². The van der Waals surface area contributed by atoms with Gasteiger partial charge >= 0.3 is 0 Å². The van der Waals surface area contributed by atoms with Crippen LogP contribution in [0.1, 0.15) is 17.5 Å². The summed E-state index contributed by atoms with van der Waals surface area (Å²) in [6.07, 6.45) is 2.42. The van der Waals surface area contributed by atoms with Gasteiger partial charge in [0, 0.05) is 5.56 Å². The highest BCUT2D eigenvalue weighted by Gasteiger charge is 2.26. The molecule has 0 radical (unpaired) electrons. The number of phenolic OH excluding ortho intramolecular Hbond substituents is 1. The molecule has 0 spiro atoms. The first kappa shape index (κ1) is 15.5. The van der Waals surface area contributed by atoms with Crippen LogP contribution in [-0.2, 0) is 12.8 Å². The normalized spacial score (nSPS) is 12.9. The number of rotatable bonds is 3. The highest BCUT2D eigenvalue weighted by molar-refractivity contribution is 5.83. The van der Waals surface area contributed by atoms with Gasteiger partial charge < -0.3 is 19.3 Å². The Morgan fingerprint density at radius 1 is 0.913 bits per heavy atom. The molecule has 1 N–H and O–H groups in total. The van der Waals surface area contributed by atoms with Crippen molar-refractivity contribution < 1.29 is 23.7 Å². The molecule has 0 saturated heterocycles. The fourth-order valence-electron chi connectivity index (χ4n) is 3.21. The maximum atomic E-state index is 13.7. The third-order valence-electron chi connectivity index (χ3n) is 4.25. The minimum Gasteiger partial charge on any atom is -0.505 e. The molecule has 0 unspecified atom stereocenters. The van der Waals surface area contributed by atoms with E-state index < -0.39 is 5.82 Å². The minimum atomic E-state index is -0.605. The summed E-state index contributed by atoms with van der Waals surface area (Å²) in [7, 11) is 4.69. The van der Waals surface area contributed by atoms with E-state index in [1.165, 1.54) is 12.1 Å². The summed E-state index contributed by atoms with van der Waals surface area (Å²) in [5.41, 5.74) is 3.48. The Kier molecular flexibility index (Phi) is 4.03. The Morgan fingerprint density at radius 2 is 1.61 bits per heavy atom. The zero-order chi connectivity index (χ0) is 16.6. The lowest BCUT2D eigenvalue weighted by molar-refractivity contribution is 0.324. The smallest absolute Gasteiger partial charge is 0.203 e. The van der Waals surface area contributed by atoms with Crippen LogP contribution in [0.3, 0.4) is 0 Å². The van der Waals surface area contributed by atoms with Crippen LogP contribution in [0.25, 0.3) is 11.1 Å². The molecule has 0 aliphatic heterocycles. The average Bonchev–Trinajstić information content (AvgIpc) is 2.72. The first-order valence-electron chi connectivity index (χ1n) is 7.44. The molecule has 2 aromatic rings. The fourth-order valence-corrected chi connectivity index (χ4v) is 3.21. The fraction of sp³-hybridized carbons (Fsp3) is 0.333. The van der Waals surface area contributed by atoms with E-state index in [1.54, 1.807) is 21.3 Å². The molecule has 1 aliphatic rings. The molecule has 5 heteroatoms. The highest BCUT2D eigenvalue weighted by Crippen LogP contribution is 2.49. The monoisotopic (exact) mass is 318 g/mol. The van der Waals surface area contributed by atoms with Gasteiger partial charge in [0.05, 0.1) is 21.3 Å². The number of hydrogen-bond donors (Lipinski definition) is 1. The van der Waals surface area contributed by atoms with Crippen molar-refractivity contribution in [2.75, 3.05) is 21.3 Å². The lowest BCUT2D eigenvalue weighted by Crippen LogP contribution is -2.00. The standard InChI is InChI=1S/C18H19FO4/c1-21-15-8-11-6-4-5-10-7-13(19)14(20)9-12(10)16(11)18(23-3)17(15)22-2/h7-9,20H,4-6H2,1-3H3. The van der Waals surface area contributed by atoms with Gasteiger partial charge in [-0.2, -0.15) is 0 Å². The summed E-state index contributed by atoms with van der Waals surface area (Å²) in [6.45, 7) is 0. The molecule has 3 rings (SSSR count). The number of aryl methyl sites for hydroxylation is 2. The molecule has 0 saturated carbocycles. The van der Waals surface area contributed by atoms with E-state index in [-0.39, 0.29) is 5.75 Å². The predicted octanol–water partition coefficient (Wildman–Crippen LogP) is 3.71. The molecule has 122 valence electrons.